The number of benzene rings is 2. The maximum atomic E-state index is 12.1. The van der Waals surface area contributed by atoms with Crippen molar-refractivity contribution in [1.29, 1.82) is 0 Å². The Morgan fingerprint density at radius 2 is 1.79 bits per heavy atom. The maximum Gasteiger partial charge on any atom is 0.407 e. The molecule has 1 aliphatic carbocycles. The first kappa shape index (κ1) is 30.2. The number of rotatable bonds is 8. The fraction of sp³-hybridized carbons (Fsp3) is 0.406. The van der Waals surface area contributed by atoms with Gasteiger partial charge in [-0.25, -0.2) is 24.7 Å². The summed E-state index contributed by atoms with van der Waals surface area (Å²) in [7, 11) is 3.90. The van der Waals surface area contributed by atoms with Crippen molar-refractivity contribution < 1.29 is 14.3 Å². The van der Waals surface area contributed by atoms with Crippen molar-refractivity contribution in [2.75, 3.05) is 19.4 Å². The molecule has 5 rings (SSSR count). The number of hydrogen-bond donors (Lipinski definition) is 2. The normalized spacial score (nSPS) is 17.2. The Hall–Kier alpha value is -4.25. The van der Waals surface area contributed by atoms with Crippen molar-refractivity contribution >= 4 is 46.2 Å². The van der Waals surface area contributed by atoms with Crippen LogP contribution in [-0.2, 0) is 4.74 Å². The van der Waals surface area contributed by atoms with Gasteiger partial charge in [0.25, 0.3) is 0 Å². The van der Waals surface area contributed by atoms with E-state index in [4.69, 9.17) is 14.5 Å². The van der Waals surface area contributed by atoms with Crippen LogP contribution < -0.4 is 15.4 Å². The Bertz CT molecular complexity index is 1600. The molecule has 0 aliphatic heterocycles. The first-order valence-corrected chi connectivity index (χ1v) is 15.4. The largest absolute Gasteiger partial charge is 0.444 e. The number of thiazole rings is 1. The van der Waals surface area contributed by atoms with Gasteiger partial charge in [0.2, 0.25) is 11.8 Å². The fourth-order valence-electron chi connectivity index (χ4n) is 5.05. The van der Waals surface area contributed by atoms with Crippen LogP contribution >= 0.6 is 11.3 Å². The lowest BCUT2D eigenvalue weighted by atomic mass is 9.91. The van der Waals surface area contributed by atoms with Gasteiger partial charge in [0.15, 0.2) is 0 Å². The zero-order valence-corrected chi connectivity index (χ0v) is 26.4. The van der Waals surface area contributed by atoms with E-state index in [2.05, 4.69) is 31.7 Å². The molecule has 0 bridgehead atoms. The molecule has 0 unspecified atom stereocenters. The molecule has 1 aliphatic rings. The molecule has 2 heterocycles. The monoisotopic (exact) mass is 601 g/mol. The van der Waals surface area contributed by atoms with Crippen LogP contribution in [0.3, 0.4) is 0 Å². The minimum atomic E-state index is -0.508. The highest BCUT2D eigenvalue weighted by Gasteiger charge is 2.25. The molecule has 1 amide bonds. The number of fused-ring (bicyclic) bond motifs is 1. The van der Waals surface area contributed by atoms with Crippen molar-refractivity contribution in [2.45, 2.75) is 71.1 Å². The molecule has 1 saturated carbocycles. The number of aliphatic imine (C=N–C) groups is 1. The van der Waals surface area contributed by atoms with Gasteiger partial charge in [0.1, 0.15) is 16.2 Å². The second-order valence-corrected chi connectivity index (χ2v) is 12.8. The third-order valence-corrected chi connectivity index (χ3v) is 7.82. The van der Waals surface area contributed by atoms with E-state index in [0.717, 1.165) is 64.0 Å². The van der Waals surface area contributed by atoms with E-state index in [1.54, 1.807) is 18.0 Å². The molecular formula is C32H39N7O3S. The van der Waals surface area contributed by atoms with E-state index in [1.807, 2.05) is 77.0 Å². The SMILES string of the molecule is Cc1cc(N=CN(C)C)c2ccccc2c1Oc1ncsc1-c1ccnc(NC2CCC(NC(=O)OC(C)(C)C)CC2)n1. The summed E-state index contributed by atoms with van der Waals surface area (Å²) >= 11 is 1.48. The van der Waals surface area contributed by atoms with Gasteiger partial charge in [-0.15, -0.1) is 11.3 Å². The van der Waals surface area contributed by atoms with Crippen molar-refractivity contribution in [1.82, 2.24) is 25.2 Å². The van der Waals surface area contributed by atoms with Crippen LogP contribution in [0.1, 0.15) is 52.0 Å². The Kier molecular flexibility index (Phi) is 9.10. The van der Waals surface area contributed by atoms with Gasteiger partial charge in [-0.05, 0) is 71.1 Å². The van der Waals surface area contributed by atoms with Gasteiger partial charge in [0, 0.05) is 43.1 Å². The molecule has 2 aromatic carbocycles. The standard InChI is InChI=1S/C32H39N7O3S/c1-20-17-26(34-18-39(5)6)23-9-7-8-10-24(23)27(20)41-29-28(43-19-35-29)25-15-16-33-30(38-25)36-21-11-13-22(14-12-21)37-31(40)42-32(2,3)4/h7-10,15-19,21-22H,11-14H2,1-6H3,(H,37,40)(H,33,36,38). The van der Waals surface area contributed by atoms with E-state index < -0.39 is 5.60 Å². The molecule has 0 saturated heterocycles. The lowest BCUT2D eigenvalue weighted by Gasteiger charge is -2.30. The second-order valence-electron chi connectivity index (χ2n) is 12.0. The highest BCUT2D eigenvalue weighted by atomic mass is 32.1. The fourth-order valence-corrected chi connectivity index (χ4v) is 5.74. The Morgan fingerprint density at radius 1 is 1.07 bits per heavy atom. The van der Waals surface area contributed by atoms with E-state index in [9.17, 15) is 4.79 Å². The third-order valence-electron chi connectivity index (χ3n) is 6.99. The molecule has 0 radical (unpaired) electrons. The van der Waals surface area contributed by atoms with Crippen LogP contribution in [0.2, 0.25) is 0 Å². The summed E-state index contributed by atoms with van der Waals surface area (Å²) in [5.74, 6) is 1.81. The summed E-state index contributed by atoms with van der Waals surface area (Å²) in [6.45, 7) is 7.62. The molecule has 2 N–H and O–H groups in total. The Morgan fingerprint density at radius 3 is 2.51 bits per heavy atom. The topological polar surface area (TPSA) is 114 Å². The van der Waals surface area contributed by atoms with Gasteiger partial charge in [-0.3, -0.25) is 0 Å². The van der Waals surface area contributed by atoms with Crippen LogP contribution in [0.5, 0.6) is 11.6 Å². The predicted molar refractivity (Wildman–Crippen MR) is 173 cm³/mol. The van der Waals surface area contributed by atoms with Crippen molar-refractivity contribution in [3.05, 3.63) is 53.7 Å². The zero-order chi connectivity index (χ0) is 30.6. The highest BCUT2D eigenvalue weighted by Crippen LogP contribution is 2.41. The molecule has 10 nitrogen and oxygen atoms in total. The van der Waals surface area contributed by atoms with Gasteiger partial charge in [0.05, 0.1) is 23.2 Å². The van der Waals surface area contributed by atoms with Crippen LogP contribution in [-0.4, -0.2) is 64.1 Å². The second kappa shape index (κ2) is 12.9. The molecule has 4 aromatic rings. The van der Waals surface area contributed by atoms with Crippen molar-refractivity contribution in [3.8, 4) is 22.2 Å². The first-order valence-electron chi connectivity index (χ1n) is 14.5. The number of aryl methyl sites for hydroxylation is 1. The number of hydrogen-bond acceptors (Lipinski definition) is 9. The lowest BCUT2D eigenvalue weighted by molar-refractivity contribution is 0.0492. The van der Waals surface area contributed by atoms with Crippen LogP contribution in [0.4, 0.5) is 16.4 Å². The smallest absolute Gasteiger partial charge is 0.407 e. The summed E-state index contributed by atoms with van der Waals surface area (Å²) in [4.78, 5) is 33.4. The quantitative estimate of drug-likeness (QED) is 0.159. The number of nitrogens with zero attached hydrogens (tertiary/aromatic N) is 5. The Labute approximate surface area is 256 Å². The zero-order valence-electron chi connectivity index (χ0n) is 25.5. The van der Waals surface area contributed by atoms with Gasteiger partial charge >= 0.3 is 6.09 Å². The number of alkyl carbamates (subject to hydrolysis) is 1. The van der Waals surface area contributed by atoms with E-state index in [-0.39, 0.29) is 18.2 Å². The summed E-state index contributed by atoms with van der Waals surface area (Å²) in [6.07, 6.45) is 6.69. The molecule has 226 valence electrons. The van der Waals surface area contributed by atoms with E-state index in [1.165, 1.54) is 11.3 Å². The molecule has 11 heteroatoms. The van der Waals surface area contributed by atoms with Crippen molar-refractivity contribution in [3.63, 3.8) is 0 Å². The Balaban J connectivity index is 1.29. The number of aromatic nitrogens is 3. The maximum absolute atomic E-state index is 12.1. The van der Waals surface area contributed by atoms with Crippen LogP contribution in [0.25, 0.3) is 21.3 Å². The molecule has 1 fully saturated rings. The first-order chi connectivity index (χ1) is 20.6. The molecular weight excluding hydrogens is 562 g/mol. The van der Waals surface area contributed by atoms with Crippen molar-refractivity contribution in [2.24, 2.45) is 4.99 Å². The van der Waals surface area contributed by atoms with Gasteiger partial charge < -0.3 is 25.0 Å². The minimum Gasteiger partial charge on any atom is -0.444 e. The van der Waals surface area contributed by atoms with Gasteiger partial charge in [-0.2, -0.15) is 0 Å². The molecule has 43 heavy (non-hydrogen) atoms. The van der Waals surface area contributed by atoms with Crippen LogP contribution in [0.15, 0.2) is 53.1 Å². The average Bonchev–Trinajstić information content (AvgIpc) is 3.42. The average molecular weight is 602 g/mol. The van der Waals surface area contributed by atoms with E-state index in [0.29, 0.717) is 11.8 Å². The lowest BCUT2D eigenvalue weighted by Crippen LogP contribution is -2.42. The number of carbonyl (C=O) groups is 1. The molecule has 0 atom stereocenters. The molecule has 2 aromatic heterocycles. The molecule has 0 spiro atoms. The number of carbonyl (C=O) groups excluding carboxylic acids is 1. The van der Waals surface area contributed by atoms with E-state index >= 15 is 0 Å². The number of anilines is 1. The highest BCUT2D eigenvalue weighted by molar-refractivity contribution is 7.13. The summed E-state index contributed by atoms with van der Waals surface area (Å²) in [5, 5.41) is 8.45. The number of ether oxygens (including phenoxy) is 2. The summed E-state index contributed by atoms with van der Waals surface area (Å²) in [5.41, 5.74) is 3.85. The number of amides is 1. The van der Waals surface area contributed by atoms with Gasteiger partial charge in [-0.1, -0.05) is 24.3 Å². The summed E-state index contributed by atoms with van der Waals surface area (Å²) < 4.78 is 11.9. The predicted octanol–water partition coefficient (Wildman–Crippen LogP) is 7.32. The minimum absolute atomic E-state index is 0.102. The summed E-state index contributed by atoms with van der Waals surface area (Å²) in [6, 6.07) is 12.3. The van der Waals surface area contributed by atoms with Crippen LogP contribution in [0, 0.1) is 6.92 Å². The third kappa shape index (κ3) is 7.78. The number of nitrogens with one attached hydrogen (secondary N) is 2.